The van der Waals surface area contributed by atoms with Crippen molar-refractivity contribution in [3.05, 3.63) is 107 Å². The quantitative estimate of drug-likeness (QED) is 0.118. The summed E-state index contributed by atoms with van der Waals surface area (Å²) in [6.07, 6.45) is 6.76. The summed E-state index contributed by atoms with van der Waals surface area (Å²) < 4.78 is 73.7. The van der Waals surface area contributed by atoms with Gasteiger partial charge >= 0.3 is 0 Å². The van der Waals surface area contributed by atoms with E-state index in [2.05, 4.69) is 0 Å². The van der Waals surface area contributed by atoms with Crippen LogP contribution in [0.25, 0.3) is 12.2 Å². The van der Waals surface area contributed by atoms with Crippen molar-refractivity contribution < 1.29 is 46.3 Å². The lowest BCUT2D eigenvalue weighted by Crippen LogP contribution is -2.19. The molecule has 49 heavy (non-hydrogen) atoms. The number of rotatable bonds is 16. The Hall–Kier alpha value is -5.29. The molecule has 4 aromatic carbocycles. The van der Waals surface area contributed by atoms with Gasteiger partial charge in [-0.1, -0.05) is 48.6 Å². The van der Waals surface area contributed by atoms with E-state index < -0.39 is 20.3 Å². The lowest BCUT2D eigenvalue weighted by atomic mass is 10.1. The van der Waals surface area contributed by atoms with E-state index in [4.69, 9.17) is 37.9 Å². The van der Waals surface area contributed by atoms with Gasteiger partial charge in [0.15, 0.2) is 32.8 Å². The Morgan fingerprint density at radius 2 is 0.755 bits per heavy atom. The van der Waals surface area contributed by atoms with Gasteiger partial charge in [0.25, 0.3) is 0 Å². The van der Waals surface area contributed by atoms with E-state index in [1.54, 1.807) is 111 Å². The third-order valence-electron chi connectivity index (χ3n) is 7.90. The minimum atomic E-state index is -4.07. The first-order valence-corrected chi connectivity index (χ1v) is 16.8. The maximum Gasteiger partial charge on any atom is 0.203 e. The number of methoxy groups -OCH3 is 8. The van der Waals surface area contributed by atoms with Crippen molar-refractivity contribution in [1.29, 1.82) is 0 Å². The number of ether oxygens (including phenoxy) is 8. The number of hydrogen-bond donors (Lipinski definition) is 0. The Morgan fingerprint density at radius 1 is 0.449 bits per heavy atom. The molecule has 4 aromatic rings. The zero-order valence-corrected chi connectivity index (χ0v) is 29.7. The highest BCUT2D eigenvalue weighted by Gasteiger charge is 2.34. The monoisotopic (exact) mass is 690 g/mol. The van der Waals surface area contributed by atoms with Gasteiger partial charge in [-0.3, -0.25) is 0 Å². The molecular weight excluding hydrogens is 648 g/mol. The van der Waals surface area contributed by atoms with Crippen molar-refractivity contribution in [1.82, 2.24) is 0 Å². The molecule has 0 aliphatic rings. The third-order valence-corrected chi connectivity index (χ3v) is 10.2. The Morgan fingerprint density at radius 3 is 1.00 bits per heavy atom. The Kier molecular flexibility index (Phi) is 12.5. The molecule has 0 fully saturated rings. The number of hydrogen-bond acceptors (Lipinski definition) is 10. The predicted molar refractivity (Wildman–Crippen MR) is 191 cm³/mol. The van der Waals surface area contributed by atoms with Gasteiger partial charge in [-0.05, 0) is 70.8 Å². The lowest BCUT2D eigenvalue weighted by molar-refractivity contribution is 0.324. The summed E-state index contributed by atoms with van der Waals surface area (Å²) in [5.74, 6) is 3.81. The summed E-state index contributed by atoms with van der Waals surface area (Å²) >= 11 is 0. The first-order valence-electron chi connectivity index (χ1n) is 15.1. The minimum Gasteiger partial charge on any atom is -0.497 e. The van der Waals surface area contributed by atoms with E-state index >= 15 is 0 Å². The molecule has 0 aromatic heterocycles. The smallest absolute Gasteiger partial charge is 0.203 e. The van der Waals surface area contributed by atoms with Crippen LogP contribution in [0, 0.1) is 0 Å². The minimum absolute atomic E-state index is 0.429. The van der Waals surface area contributed by atoms with Crippen LogP contribution in [0.2, 0.25) is 0 Å². The zero-order valence-electron chi connectivity index (χ0n) is 28.9. The van der Waals surface area contributed by atoms with Gasteiger partial charge in [0.1, 0.15) is 22.0 Å². The Bertz CT molecular complexity index is 1680. The molecule has 0 aliphatic heterocycles. The van der Waals surface area contributed by atoms with Gasteiger partial charge in [0, 0.05) is 0 Å². The molecule has 0 saturated heterocycles. The number of sulfone groups is 1. The van der Waals surface area contributed by atoms with E-state index in [-0.39, 0.29) is 0 Å². The molecule has 4 rings (SSSR count). The van der Waals surface area contributed by atoms with E-state index in [0.29, 0.717) is 68.2 Å². The van der Waals surface area contributed by atoms with Crippen molar-refractivity contribution in [2.45, 2.75) is 10.5 Å². The molecule has 0 saturated carbocycles. The maximum absolute atomic E-state index is 15.0. The third kappa shape index (κ3) is 8.24. The van der Waals surface area contributed by atoms with E-state index in [1.165, 1.54) is 42.7 Å². The second-order valence-corrected chi connectivity index (χ2v) is 12.8. The fourth-order valence-corrected chi connectivity index (χ4v) is 7.34. The topological polar surface area (TPSA) is 108 Å². The van der Waals surface area contributed by atoms with Crippen LogP contribution in [0.4, 0.5) is 0 Å². The molecule has 0 bridgehead atoms. The van der Waals surface area contributed by atoms with Crippen LogP contribution >= 0.6 is 0 Å². The molecule has 0 radical (unpaired) electrons. The normalized spacial score (nSPS) is 12.7. The van der Waals surface area contributed by atoms with Gasteiger partial charge in [0.05, 0.1) is 56.9 Å². The highest BCUT2D eigenvalue weighted by molar-refractivity contribution is 7.92. The van der Waals surface area contributed by atoms with Crippen LogP contribution in [0.3, 0.4) is 0 Å². The molecule has 2 unspecified atom stereocenters. The van der Waals surface area contributed by atoms with Crippen molar-refractivity contribution in [3.63, 3.8) is 0 Å². The Balaban J connectivity index is 1.90. The maximum atomic E-state index is 15.0. The molecule has 2 atom stereocenters. The van der Waals surface area contributed by atoms with Crippen molar-refractivity contribution in [2.75, 3.05) is 56.9 Å². The van der Waals surface area contributed by atoms with Crippen LogP contribution in [0.15, 0.2) is 84.9 Å². The van der Waals surface area contributed by atoms with Gasteiger partial charge in [-0.15, -0.1) is 0 Å². The molecule has 0 N–H and O–H groups in total. The van der Waals surface area contributed by atoms with E-state index in [9.17, 15) is 8.42 Å². The van der Waals surface area contributed by atoms with Crippen molar-refractivity contribution in [3.8, 4) is 46.0 Å². The fourth-order valence-electron chi connectivity index (χ4n) is 5.36. The highest BCUT2D eigenvalue weighted by atomic mass is 32.2. The Labute approximate surface area is 288 Å². The van der Waals surface area contributed by atoms with Gasteiger partial charge in [0.2, 0.25) is 11.5 Å². The standard InChI is InChI=1S/C38H42O10S/c1-41-29-15-11-27(12-16-29)35(19-9-25-21-31(43-3)37(47-7)32(22-25)44-4)49(39,40)36(28-13-17-30(42-2)18-14-28)20-10-26-23-33(45-5)38(48-8)34(24-26)46-6/h9-24,35-36H,1-8H3/b19-9+,20-10+. The average Bonchev–Trinajstić information content (AvgIpc) is 3.14. The lowest BCUT2D eigenvalue weighted by Gasteiger charge is -2.22. The summed E-state index contributed by atoms with van der Waals surface area (Å²) in [6, 6.07) is 20.9. The van der Waals surface area contributed by atoms with E-state index in [0.717, 1.165) is 0 Å². The predicted octanol–water partition coefficient (Wildman–Crippen LogP) is 7.38. The first-order chi connectivity index (χ1) is 23.7. The SMILES string of the molecule is COc1ccc(C(/C=C/c2cc(OC)c(OC)c(OC)c2)S(=O)(=O)C(/C=C/c2cc(OC)c(OC)c(OC)c2)c2ccc(OC)cc2)cc1. The van der Waals surface area contributed by atoms with Crippen molar-refractivity contribution in [2.24, 2.45) is 0 Å². The van der Waals surface area contributed by atoms with Crippen LogP contribution in [0.5, 0.6) is 46.0 Å². The largest absolute Gasteiger partial charge is 0.497 e. The molecule has 0 spiro atoms. The van der Waals surface area contributed by atoms with Gasteiger partial charge < -0.3 is 37.9 Å². The average molecular weight is 691 g/mol. The zero-order chi connectivity index (χ0) is 35.6. The number of benzene rings is 4. The second kappa shape index (κ2) is 16.7. The molecule has 11 heteroatoms. The molecule has 260 valence electrons. The summed E-state index contributed by atoms with van der Waals surface area (Å²) in [5, 5.41) is -2.18. The van der Waals surface area contributed by atoms with Crippen LogP contribution in [-0.2, 0) is 9.84 Å². The summed E-state index contributed by atoms with van der Waals surface area (Å²) in [7, 11) is 8.18. The summed E-state index contributed by atoms with van der Waals surface area (Å²) in [5.41, 5.74) is 2.39. The van der Waals surface area contributed by atoms with Gasteiger partial charge in [-0.25, -0.2) is 8.42 Å². The first kappa shape index (κ1) is 36.5. The van der Waals surface area contributed by atoms with Crippen LogP contribution in [0.1, 0.15) is 32.8 Å². The summed E-state index contributed by atoms with van der Waals surface area (Å²) in [6.45, 7) is 0. The highest BCUT2D eigenvalue weighted by Crippen LogP contribution is 2.42. The molecule has 0 heterocycles. The van der Waals surface area contributed by atoms with E-state index in [1.807, 2.05) is 0 Å². The second-order valence-electron chi connectivity index (χ2n) is 10.6. The molecule has 0 amide bonds. The molecular formula is C38H42O10S. The van der Waals surface area contributed by atoms with Gasteiger partial charge in [-0.2, -0.15) is 0 Å². The van der Waals surface area contributed by atoms with Crippen molar-refractivity contribution >= 4 is 22.0 Å². The molecule has 0 aliphatic carbocycles. The van der Waals surface area contributed by atoms with Crippen LogP contribution in [-0.4, -0.2) is 65.3 Å². The van der Waals surface area contributed by atoms with Crippen LogP contribution < -0.4 is 37.9 Å². The fraction of sp³-hybridized carbons (Fsp3) is 0.263. The molecule has 10 nitrogen and oxygen atoms in total. The summed E-state index contributed by atoms with van der Waals surface area (Å²) in [4.78, 5) is 0.